The number of hydrogen-bond acceptors (Lipinski definition) is 5. The van der Waals surface area contributed by atoms with Crippen LogP contribution in [0.1, 0.15) is 25.6 Å². The molecule has 0 aliphatic heterocycles. The molecule has 1 rings (SSSR count). The van der Waals surface area contributed by atoms with Crippen molar-refractivity contribution in [1.29, 1.82) is 0 Å². The first-order valence-electron chi connectivity index (χ1n) is 6.20. The average molecular weight is 305 g/mol. The maximum Gasteiger partial charge on any atom is 0.321 e. The molecule has 5 nitrogen and oxygen atoms in total. The zero-order valence-electron chi connectivity index (χ0n) is 11.4. The van der Waals surface area contributed by atoms with Crippen LogP contribution in [0.4, 0.5) is 0 Å². The molecule has 0 fully saturated rings. The third-order valence-corrected chi connectivity index (χ3v) is 6.16. The standard InChI is InChI=1S/C12H19NO4S2/c1-4-10-7-8-12(18-10)19(15,16)13(5-2)9-11(14)17-6-3/h7-8H,4-6,9H2,1-3H3. The van der Waals surface area contributed by atoms with Crippen LogP contribution < -0.4 is 0 Å². The van der Waals surface area contributed by atoms with E-state index < -0.39 is 16.0 Å². The van der Waals surface area contributed by atoms with Crippen LogP contribution in [0.5, 0.6) is 0 Å². The van der Waals surface area contributed by atoms with Gasteiger partial charge >= 0.3 is 5.97 Å². The van der Waals surface area contributed by atoms with Crippen molar-refractivity contribution in [1.82, 2.24) is 4.31 Å². The van der Waals surface area contributed by atoms with E-state index in [1.807, 2.05) is 6.92 Å². The van der Waals surface area contributed by atoms with Crippen LogP contribution in [0, 0.1) is 0 Å². The van der Waals surface area contributed by atoms with E-state index in [4.69, 9.17) is 4.74 Å². The number of hydrogen-bond donors (Lipinski definition) is 0. The van der Waals surface area contributed by atoms with E-state index in [-0.39, 0.29) is 23.9 Å². The number of carbonyl (C=O) groups is 1. The molecule has 19 heavy (non-hydrogen) atoms. The number of ether oxygens (including phenoxy) is 1. The minimum Gasteiger partial charge on any atom is -0.465 e. The highest BCUT2D eigenvalue weighted by Gasteiger charge is 2.27. The number of thiophene rings is 1. The van der Waals surface area contributed by atoms with Gasteiger partial charge in [0.15, 0.2) is 0 Å². The fourth-order valence-corrected chi connectivity index (χ4v) is 4.37. The van der Waals surface area contributed by atoms with Gasteiger partial charge in [0.05, 0.1) is 6.61 Å². The van der Waals surface area contributed by atoms with Gasteiger partial charge in [-0.05, 0) is 25.5 Å². The molecule has 0 spiro atoms. The molecule has 1 aromatic rings. The molecular weight excluding hydrogens is 286 g/mol. The van der Waals surface area contributed by atoms with Gasteiger partial charge in [0.1, 0.15) is 10.8 Å². The Hall–Kier alpha value is -0.920. The highest BCUT2D eigenvalue weighted by molar-refractivity contribution is 7.91. The maximum absolute atomic E-state index is 12.4. The average Bonchev–Trinajstić information content (AvgIpc) is 2.85. The van der Waals surface area contributed by atoms with E-state index in [0.29, 0.717) is 0 Å². The summed E-state index contributed by atoms with van der Waals surface area (Å²) in [6.45, 7) is 5.60. The molecule has 0 bridgehead atoms. The monoisotopic (exact) mass is 305 g/mol. The van der Waals surface area contributed by atoms with E-state index in [0.717, 1.165) is 15.6 Å². The van der Waals surface area contributed by atoms with Gasteiger partial charge in [0.25, 0.3) is 10.0 Å². The Morgan fingerprint density at radius 3 is 2.47 bits per heavy atom. The van der Waals surface area contributed by atoms with Crippen molar-refractivity contribution in [3.8, 4) is 0 Å². The number of sulfonamides is 1. The van der Waals surface area contributed by atoms with Crippen molar-refractivity contribution in [2.24, 2.45) is 0 Å². The van der Waals surface area contributed by atoms with Crippen LogP contribution in [0.15, 0.2) is 16.3 Å². The molecule has 0 unspecified atom stereocenters. The molecule has 0 saturated heterocycles. The van der Waals surface area contributed by atoms with E-state index >= 15 is 0 Å². The topological polar surface area (TPSA) is 63.7 Å². The highest BCUT2D eigenvalue weighted by Crippen LogP contribution is 2.25. The summed E-state index contributed by atoms with van der Waals surface area (Å²) in [5.41, 5.74) is 0. The van der Waals surface area contributed by atoms with Crippen molar-refractivity contribution >= 4 is 27.3 Å². The number of rotatable bonds is 7. The third kappa shape index (κ3) is 4.02. The Morgan fingerprint density at radius 2 is 2.00 bits per heavy atom. The molecule has 0 amide bonds. The summed E-state index contributed by atoms with van der Waals surface area (Å²) in [7, 11) is -3.60. The van der Waals surface area contributed by atoms with E-state index in [2.05, 4.69) is 0 Å². The quantitative estimate of drug-likeness (QED) is 0.722. The van der Waals surface area contributed by atoms with Gasteiger partial charge in [-0.15, -0.1) is 11.3 Å². The molecule has 0 aliphatic rings. The molecule has 0 aliphatic carbocycles. The summed E-state index contributed by atoms with van der Waals surface area (Å²) in [5.74, 6) is -0.528. The Kier molecular flexibility index (Phi) is 5.96. The van der Waals surface area contributed by atoms with Crippen molar-refractivity contribution in [2.45, 2.75) is 31.4 Å². The molecular formula is C12H19NO4S2. The number of carbonyl (C=O) groups excluding carboxylic acids is 1. The first-order valence-corrected chi connectivity index (χ1v) is 8.45. The summed E-state index contributed by atoms with van der Waals surface area (Å²) in [6, 6.07) is 3.39. The van der Waals surface area contributed by atoms with Crippen LogP contribution in [0.2, 0.25) is 0 Å². The second-order valence-electron chi connectivity index (χ2n) is 3.81. The minimum atomic E-state index is -3.60. The lowest BCUT2D eigenvalue weighted by Gasteiger charge is -2.18. The predicted octanol–water partition coefficient (Wildman–Crippen LogP) is 1.88. The summed E-state index contributed by atoms with van der Waals surface area (Å²) in [4.78, 5) is 12.4. The number of likely N-dealkylation sites (N-methyl/N-ethyl adjacent to an activating group) is 1. The largest absolute Gasteiger partial charge is 0.465 e. The second kappa shape index (κ2) is 7.02. The fourth-order valence-electron chi connectivity index (χ4n) is 1.53. The second-order valence-corrected chi connectivity index (χ2v) is 7.14. The van der Waals surface area contributed by atoms with Crippen LogP contribution in [-0.4, -0.2) is 38.4 Å². The molecule has 7 heteroatoms. The molecule has 0 N–H and O–H groups in total. The SMILES string of the molecule is CCOC(=O)CN(CC)S(=O)(=O)c1ccc(CC)s1. The van der Waals surface area contributed by atoms with Gasteiger partial charge in [-0.2, -0.15) is 4.31 Å². The van der Waals surface area contributed by atoms with Gasteiger partial charge in [0.2, 0.25) is 0 Å². The summed E-state index contributed by atoms with van der Waals surface area (Å²) in [5, 5.41) is 0. The van der Waals surface area contributed by atoms with Crippen molar-refractivity contribution in [3.63, 3.8) is 0 Å². The number of nitrogens with zero attached hydrogens (tertiary/aromatic N) is 1. The smallest absolute Gasteiger partial charge is 0.321 e. The first kappa shape index (κ1) is 16.1. The highest BCUT2D eigenvalue weighted by atomic mass is 32.2. The number of esters is 1. The van der Waals surface area contributed by atoms with Crippen LogP contribution in [0.25, 0.3) is 0 Å². The van der Waals surface area contributed by atoms with Crippen molar-refractivity contribution < 1.29 is 17.9 Å². The molecule has 1 heterocycles. The molecule has 0 saturated carbocycles. The molecule has 0 atom stereocenters. The predicted molar refractivity (Wildman–Crippen MR) is 74.8 cm³/mol. The maximum atomic E-state index is 12.4. The Morgan fingerprint density at radius 1 is 1.32 bits per heavy atom. The lowest BCUT2D eigenvalue weighted by atomic mass is 10.4. The zero-order chi connectivity index (χ0) is 14.5. The normalized spacial score (nSPS) is 11.8. The first-order chi connectivity index (χ1) is 8.95. The van der Waals surface area contributed by atoms with Crippen molar-refractivity contribution in [2.75, 3.05) is 19.7 Å². The Bertz CT molecular complexity index is 522. The lowest BCUT2D eigenvalue weighted by molar-refractivity contribution is -0.143. The lowest BCUT2D eigenvalue weighted by Crippen LogP contribution is -2.35. The zero-order valence-corrected chi connectivity index (χ0v) is 13.0. The fraction of sp³-hybridized carbons (Fsp3) is 0.583. The molecule has 1 aromatic heterocycles. The van der Waals surface area contributed by atoms with Gasteiger partial charge < -0.3 is 4.74 Å². The van der Waals surface area contributed by atoms with Crippen LogP contribution >= 0.6 is 11.3 Å². The van der Waals surface area contributed by atoms with Gasteiger partial charge in [0, 0.05) is 11.4 Å². The van der Waals surface area contributed by atoms with Crippen LogP contribution in [0.3, 0.4) is 0 Å². The summed E-state index contributed by atoms with van der Waals surface area (Å²) >= 11 is 1.24. The Balaban J connectivity index is 2.92. The van der Waals surface area contributed by atoms with E-state index in [1.165, 1.54) is 11.3 Å². The van der Waals surface area contributed by atoms with E-state index in [9.17, 15) is 13.2 Å². The minimum absolute atomic E-state index is 0.237. The third-order valence-electron chi connectivity index (χ3n) is 2.54. The van der Waals surface area contributed by atoms with E-state index in [1.54, 1.807) is 26.0 Å². The van der Waals surface area contributed by atoms with Crippen molar-refractivity contribution in [3.05, 3.63) is 17.0 Å². The van der Waals surface area contributed by atoms with Crippen LogP contribution in [-0.2, 0) is 26.0 Å². The number of aryl methyl sites for hydroxylation is 1. The molecule has 108 valence electrons. The summed E-state index contributed by atoms with van der Waals surface area (Å²) in [6.07, 6.45) is 0.796. The van der Waals surface area contributed by atoms with Gasteiger partial charge in [-0.3, -0.25) is 4.79 Å². The molecule has 0 aromatic carbocycles. The van der Waals surface area contributed by atoms with Gasteiger partial charge in [-0.25, -0.2) is 8.42 Å². The molecule has 0 radical (unpaired) electrons. The summed E-state index contributed by atoms with van der Waals surface area (Å²) < 4.78 is 30.9. The Labute approximate surface area is 118 Å². The van der Waals surface area contributed by atoms with Gasteiger partial charge in [-0.1, -0.05) is 13.8 Å².